The van der Waals surface area contributed by atoms with Crippen LogP contribution in [0.4, 0.5) is 0 Å². The SMILES string of the molecule is COc1cccc(C(=O)Oc2ccc(C=CC(=O)c3cc(OC)ccc3OC)cc2)c1. The summed E-state index contributed by atoms with van der Waals surface area (Å²) >= 11 is 0. The van der Waals surface area contributed by atoms with E-state index in [1.165, 1.54) is 27.4 Å². The summed E-state index contributed by atoms with van der Waals surface area (Å²) in [6.45, 7) is 0. The number of hydrogen-bond acceptors (Lipinski definition) is 6. The Hall–Kier alpha value is -4.06. The minimum atomic E-state index is -0.484. The molecule has 0 bridgehead atoms. The van der Waals surface area contributed by atoms with Crippen molar-refractivity contribution in [3.05, 3.63) is 89.5 Å². The van der Waals surface area contributed by atoms with Crippen molar-refractivity contribution in [3.63, 3.8) is 0 Å². The largest absolute Gasteiger partial charge is 0.497 e. The van der Waals surface area contributed by atoms with Crippen LogP contribution >= 0.6 is 0 Å². The van der Waals surface area contributed by atoms with E-state index in [4.69, 9.17) is 18.9 Å². The topological polar surface area (TPSA) is 71.1 Å². The molecule has 3 aromatic rings. The number of rotatable bonds is 8. The zero-order valence-corrected chi connectivity index (χ0v) is 17.5. The molecule has 0 N–H and O–H groups in total. The van der Waals surface area contributed by atoms with Crippen LogP contribution in [-0.2, 0) is 0 Å². The van der Waals surface area contributed by atoms with Crippen molar-refractivity contribution >= 4 is 17.8 Å². The molecule has 0 radical (unpaired) electrons. The molecule has 0 aliphatic heterocycles. The number of allylic oxidation sites excluding steroid dienone is 1. The Bertz CT molecular complexity index is 1100. The second kappa shape index (κ2) is 10.1. The van der Waals surface area contributed by atoms with E-state index < -0.39 is 5.97 Å². The molecular formula is C25H22O6. The van der Waals surface area contributed by atoms with Crippen LogP contribution in [0, 0.1) is 0 Å². The Labute approximate surface area is 180 Å². The maximum atomic E-state index is 12.6. The smallest absolute Gasteiger partial charge is 0.343 e. The first-order valence-electron chi connectivity index (χ1n) is 9.45. The molecule has 0 aromatic heterocycles. The van der Waals surface area contributed by atoms with Crippen LogP contribution in [0.15, 0.2) is 72.8 Å². The molecule has 0 heterocycles. The molecular weight excluding hydrogens is 396 g/mol. The highest BCUT2D eigenvalue weighted by atomic mass is 16.5. The minimum absolute atomic E-state index is 0.218. The maximum absolute atomic E-state index is 12.6. The maximum Gasteiger partial charge on any atom is 0.343 e. The Kier molecular flexibility index (Phi) is 7.06. The lowest BCUT2D eigenvalue weighted by molar-refractivity contribution is 0.0734. The van der Waals surface area contributed by atoms with E-state index in [0.717, 1.165) is 5.56 Å². The van der Waals surface area contributed by atoms with E-state index in [9.17, 15) is 9.59 Å². The zero-order chi connectivity index (χ0) is 22.2. The number of methoxy groups -OCH3 is 3. The molecule has 0 aliphatic rings. The lowest BCUT2D eigenvalue weighted by Crippen LogP contribution is -2.08. The Morgan fingerprint density at radius 3 is 2.10 bits per heavy atom. The number of carbonyl (C=O) groups is 2. The van der Waals surface area contributed by atoms with Gasteiger partial charge in [-0.25, -0.2) is 4.79 Å². The first kappa shape index (κ1) is 21.6. The van der Waals surface area contributed by atoms with Crippen LogP contribution in [-0.4, -0.2) is 33.1 Å². The Morgan fingerprint density at radius 2 is 1.42 bits per heavy atom. The fourth-order valence-corrected chi connectivity index (χ4v) is 2.83. The third-order valence-electron chi connectivity index (χ3n) is 4.50. The van der Waals surface area contributed by atoms with Gasteiger partial charge in [0.1, 0.15) is 23.0 Å². The van der Waals surface area contributed by atoms with Gasteiger partial charge in [0.15, 0.2) is 5.78 Å². The average Bonchev–Trinajstić information content (AvgIpc) is 2.82. The molecule has 0 saturated carbocycles. The third-order valence-corrected chi connectivity index (χ3v) is 4.50. The van der Waals surface area contributed by atoms with Crippen LogP contribution in [0.5, 0.6) is 23.0 Å². The molecule has 0 saturated heterocycles. The molecule has 6 heteroatoms. The molecule has 0 aliphatic carbocycles. The van der Waals surface area contributed by atoms with Crippen molar-refractivity contribution in [2.24, 2.45) is 0 Å². The van der Waals surface area contributed by atoms with Gasteiger partial charge < -0.3 is 18.9 Å². The summed E-state index contributed by atoms with van der Waals surface area (Å²) in [5.41, 5.74) is 1.57. The number of esters is 1. The number of ether oxygens (including phenoxy) is 4. The van der Waals surface area contributed by atoms with Crippen molar-refractivity contribution in [1.29, 1.82) is 0 Å². The van der Waals surface area contributed by atoms with Crippen LogP contribution in [0.3, 0.4) is 0 Å². The second-order valence-corrected chi connectivity index (χ2v) is 6.45. The quantitative estimate of drug-likeness (QED) is 0.226. The number of carbonyl (C=O) groups excluding carboxylic acids is 2. The average molecular weight is 418 g/mol. The van der Waals surface area contributed by atoms with E-state index in [2.05, 4.69) is 0 Å². The van der Waals surface area contributed by atoms with Gasteiger partial charge in [0, 0.05) is 0 Å². The summed E-state index contributed by atoms with van der Waals surface area (Å²) in [6, 6.07) is 18.6. The molecule has 6 nitrogen and oxygen atoms in total. The lowest BCUT2D eigenvalue weighted by Gasteiger charge is -2.08. The van der Waals surface area contributed by atoms with Crippen LogP contribution in [0.1, 0.15) is 26.3 Å². The standard InChI is InChI=1S/C25H22O6/c1-28-20-6-4-5-18(15-20)25(27)31-19-10-7-17(8-11-19)9-13-23(26)22-16-21(29-2)12-14-24(22)30-3/h4-16H,1-3H3. The Balaban J connectivity index is 1.68. The predicted molar refractivity (Wildman–Crippen MR) is 117 cm³/mol. The van der Waals surface area contributed by atoms with Gasteiger partial charge in [-0.3, -0.25) is 4.79 Å². The third kappa shape index (κ3) is 5.51. The van der Waals surface area contributed by atoms with E-state index >= 15 is 0 Å². The van der Waals surface area contributed by atoms with Crippen LogP contribution in [0.25, 0.3) is 6.08 Å². The summed E-state index contributed by atoms with van der Waals surface area (Å²) in [7, 11) is 4.58. The molecule has 31 heavy (non-hydrogen) atoms. The highest BCUT2D eigenvalue weighted by molar-refractivity contribution is 6.08. The van der Waals surface area contributed by atoms with Crippen molar-refractivity contribution in [3.8, 4) is 23.0 Å². The molecule has 0 fully saturated rings. The molecule has 0 amide bonds. The van der Waals surface area contributed by atoms with E-state index in [1.54, 1.807) is 72.8 Å². The van der Waals surface area contributed by atoms with Gasteiger partial charge in [-0.1, -0.05) is 24.3 Å². The summed E-state index contributed by atoms with van der Waals surface area (Å²) in [4.78, 5) is 24.9. The van der Waals surface area contributed by atoms with Gasteiger partial charge in [0.2, 0.25) is 0 Å². The zero-order valence-electron chi connectivity index (χ0n) is 17.5. The highest BCUT2D eigenvalue weighted by Crippen LogP contribution is 2.25. The Morgan fingerprint density at radius 1 is 0.742 bits per heavy atom. The van der Waals surface area contributed by atoms with Crippen LogP contribution < -0.4 is 18.9 Å². The summed E-state index contributed by atoms with van der Waals surface area (Å²) in [6.07, 6.45) is 3.13. The predicted octanol–water partition coefficient (Wildman–Crippen LogP) is 4.83. The van der Waals surface area contributed by atoms with E-state index in [0.29, 0.717) is 34.1 Å². The molecule has 158 valence electrons. The fourth-order valence-electron chi connectivity index (χ4n) is 2.83. The minimum Gasteiger partial charge on any atom is -0.497 e. The fraction of sp³-hybridized carbons (Fsp3) is 0.120. The van der Waals surface area contributed by atoms with E-state index in [1.807, 2.05) is 0 Å². The van der Waals surface area contributed by atoms with Crippen molar-refractivity contribution in [2.75, 3.05) is 21.3 Å². The summed E-state index contributed by atoms with van der Waals surface area (Å²) in [5, 5.41) is 0. The molecule has 0 unspecified atom stereocenters. The van der Waals surface area contributed by atoms with Gasteiger partial charge in [-0.2, -0.15) is 0 Å². The molecule has 0 spiro atoms. The molecule has 0 atom stereocenters. The summed E-state index contributed by atoms with van der Waals surface area (Å²) in [5.74, 6) is 1.31. The lowest BCUT2D eigenvalue weighted by atomic mass is 10.1. The normalized spacial score (nSPS) is 10.5. The monoisotopic (exact) mass is 418 g/mol. The van der Waals surface area contributed by atoms with Crippen molar-refractivity contribution in [2.45, 2.75) is 0 Å². The second-order valence-electron chi connectivity index (χ2n) is 6.45. The van der Waals surface area contributed by atoms with Gasteiger partial charge in [0.05, 0.1) is 32.5 Å². The highest BCUT2D eigenvalue weighted by Gasteiger charge is 2.12. The number of hydrogen-bond donors (Lipinski definition) is 0. The van der Waals surface area contributed by atoms with Crippen LogP contribution in [0.2, 0.25) is 0 Å². The number of ketones is 1. The van der Waals surface area contributed by atoms with Crippen molar-refractivity contribution in [1.82, 2.24) is 0 Å². The van der Waals surface area contributed by atoms with Gasteiger partial charge in [-0.05, 0) is 60.2 Å². The first-order chi connectivity index (χ1) is 15.0. The van der Waals surface area contributed by atoms with Gasteiger partial charge in [0.25, 0.3) is 0 Å². The van der Waals surface area contributed by atoms with Crippen molar-refractivity contribution < 1.29 is 28.5 Å². The molecule has 3 aromatic carbocycles. The summed E-state index contributed by atoms with van der Waals surface area (Å²) < 4.78 is 20.9. The van der Waals surface area contributed by atoms with Gasteiger partial charge >= 0.3 is 5.97 Å². The van der Waals surface area contributed by atoms with Gasteiger partial charge in [-0.15, -0.1) is 0 Å². The van der Waals surface area contributed by atoms with E-state index in [-0.39, 0.29) is 5.78 Å². The molecule has 3 rings (SSSR count). The first-order valence-corrected chi connectivity index (χ1v) is 9.45. The number of benzene rings is 3.